The van der Waals surface area contributed by atoms with Gasteiger partial charge in [0.2, 0.25) is 0 Å². The summed E-state index contributed by atoms with van der Waals surface area (Å²) in [5, 5.41) is 17.9. The predicted octanol–water partition coefficient (Wildman–Crippen LogP) is -3.36. The molecule has 0 aromatic rings. The van der Waals surface area contributed by atoms with Gasteiger partial charge in [-0.2, -0.15) is 0 Å². The second-order valence-electron chi connectivity index (χ2n) is 0.575. The van der Waals surface area contributed by atoms with Crippen molar-refractivity contribution in [1.29, 1.82) is 0 Å². The number of hydrogen-bond donors (Lipinski definition) is 1. The molecule has 0 saturated carbocycles. The number of aliphatic carboxylic acids is 2. The zero-order valence-electron chi connectivity index (χ0n) is 4.23. The van der Waals surface area contributed by atoms with Crippen LogP contribution in [-0.4, -0.2) is 11.9 Å². The van der Waals surface area contributed by atoms with E-state index in [1.165, 1.54) is 0 Å². The predicted molar refractivity (Wildman–Crippen MR) is 15.0 cm³/mol. The fourth-order valence-electron chi connectivity index (χ4n) is 0. The van der Waals surface area contributed by atoms with E-state index in [1.807, 2.05) is 0 Å². The van der Waals surface area contributed by atoms with Crippen LogP contribution in [0.25, 0.3) is 0 Å². The van der Waals surface area contributed by atoms with Gasteiger partial charge < -0.3 is 26.0 Å². The Balaban J connectivity index is -0.0000000417. The number of carbonyl (C=O) groups is 2. The fraction of sp³-hybridized carbons (Fsp3) is 0. The van der Waals surface area contributed by atoms with E-state index in [2.05, 4.69) is 0 Å². The maximum Gasteiger partial charge on any atom is 5.00 e. The molecule has 0 aromatic heterocycles. The van der Waals surface area contributed by atoms with Crippen LogP contribution < -0.4 is 16.4 Å². The minimum absolute atomic E-state index is 0. The summed E-state index contributed by atoms with van der Waals surface area (Å²) in [7, 11) is 0. The summed E-state index contributed by atoms with van der Waals surface area (Å²) in [5.74, 6) is -4.37. The summed E-state index contributed by atoms with van der Waals surface area (Å²) in [6.45, 7) is 0. The maximum atomic E-state index is 8.93. The first-order valence-electron chi connectivity index (χ1n) is 1.07. The van der Waals surface area contributed by atoms with E-state index in [0.717, 1.165) is 0 Å². The summed E-state index contributed by atoms with van der Waals surface area (Å²) in [6, 6.07) is 0. The van der Waals surface area contributed by atoms with Crippen molar-refractivity contribution in [3.05, 3.63) is 0 Å². The van der Waals surface area contributed by atoms with Crippen LogP contribution in [0, 0.1) is 0 Å². The maximum absolute atomic E-state index is 8.93. The number of rotatable bonds is 0. The third-order valence-corrected chi connectivity index (χ3v) is 0.167. The molecular weight excluding hydrogens is 288 g/mol. The summed E-state index contributed by atoms with van der Waals surface area (Å²) in [4.78, 5) is 17.9. The Hall–Kier alpha value is 0.381. The van der Waals surface area contributed by atoms with Crippen molar-refractivity contribution >= 4 is 11.9 Å². The molecule has 3 N–H and O–H groups in total. The van der Waals surface area contributed by atoms with E-state index >= 15 is 0 Å². The summed E-state index contributed by atoms with van der Waals surface area (Å²) in [5.41, 5.74) is 0. The zero-order valence-corrected chi connectivity index (χ0v) is 8.63. The molecule has 5 nitrogen and oxygen atoms in total. The smallest absolute Gasteiger partial charge is 0.543 e. The van der Waals surface area contributed by atoms with Crippen LogP contribution in [0.2, 0.25) is 0 Å². The SMILES string of the molecule is N.O=C([O-])C(=O)[O-].[Nb+5].[Nb+5]. The van der Waals surface area contributed by atoms with Gasteiger partial charge in [-0.15, -0.1) is 0 Å². The summed E-state index contributed by atoms with van der Waals surface area (Å²) >= 11 is 0. The number of carboxylic acids is 2. The number of carbonyl (C=O) groups excluding carboxylic acids is 2. The zero-order chi connectivity index (χ0) is 5.15. The molecule has 0 saturated heterocycles. The van der Waals surface area contributed by atoms with Crippen LogP contribution in [-0.2, 0) is 54.3 Å². The van der Waals surface area contributed by atoms with Gasteiger partial charge in [-0.1, -0.05) is 0 Å². The Morgan fingerprint density at radius 2 is 1.00 bits per heavy atom. The van der Waals surface area contributed by atoms with Crippen molar-refractivity contribution in [2.75, 3.05) is 0 Å². The minimum Gasteiger partial charge on any atom is -0.543 e. The van der Waals surface area contributed by atoms with E-state index in [4.69, 9.17) is 19.8 Å². The molecule has 42 valence electrons. The van der Waals surface area contributed by atoms with Gasteiger partial charge in [0.1, 0.15) is 0 Å². The van der Waals surface area contributed by atoms with Crippen LogP contribution >= 0.6 is 0 Å². The van der Waals surface area contributed by atoms with Crippen LogP contribution in [0.5, 0.6) is 0 Å². The molecule has 0 bridgehead atoms. The quantitative estimate of drug-likeness (QED) is 0.370. The van der Waals surface area contributed by atoms with Gasteiger partial charge in [-0.05, 0) is 0 Å². The van der Waals surface area contributed by atoms with Crippen molar-refractivity contribution in [3.63, 3.8) is 0 Å². The van der Waals surface area contributed by atoms with Crippen molar-refractivity contribution in [2.24, 2.45) is 0 Å². The Morgan fingerprint density at radius 3 is 1.00 bits per heavy atom. The van der Waals surface area contributed by atoms with E-state index in [0.29, 0.717) is 0 Å². The van der Waals surface area contributed by atoms with Crippen LogP contribution in [0.3, 0.4) is 0 Å². The fourth-order valence-corrected chi connectivity index (χ4v) is 0. The number of carboxylic acid groups (broad SMARTS) is 2. The van der Waals surface area contributed by atoms with Gasteiger partial charge in [0.05, 0.1) is 11.9 Å². The molecule has 0 amide bonds. The average molecular weight is 291 g/mol. The standard InChI is InChI=1S/C2H2O4.H3N.2Nb/c3-1(4)2(5)6;;;/h(H,3,4)(H,5,6);1H3;;/q;;2*+5/p-2. The molecule has 0 atom stereocenters. The third-order valence-electron chi connectivity index (χ3n) is 0.167. The Morgan fingerprint density at radius 1 is 0.889 bits per heavy atom. The number of hydrogen-bond acceptors (Lipinski definition) is 5. The van der Waals surface area contributed by atoms with E-state index in [-0.39, 0.29) is 50.9 Å². The van der Waals surface area contributed by atoms with Gasteiger partial charge in [-0.3, -0.25) is 0 Å². The first-order valence-corrected chi connectivity index (χ1v) is 1.07. The first kappa shape index (κ1) is 22.8. The molecule has 0 aromatic carbocycles. The summed E-state index contributed by atoms with van der Waals surface area (Å²) in [6.07, 6.45) is 0. The Labute approximate surface area is 82.4 Å². The van der Waals surface area contributed by atoms with Gasteiger partial charge >= 0.3 is 44.8 Å². The van der Waals surface area contributed by atoms with Crippen molar-refractivity contribution < 1.29 is 64.6 Å². The van der Waals surface area contributed by atoms with Gasteiger partial charge in [-0.25, -0.2) is 0 Å². The molecule has 0 unspecified atom stereocenters. The van der Waals surface area contributed by atoms with Crippen LogP contribution in [0.4, 0.5) is 0 Å². The molecule has 0 radical (unpaired) electrons. The van der Waals surface area contributed by atoms with Crippen molar-refractivity contribution in [3.8, 4) is 0 Å². The monoisotopic (exact) mass is 291 g/mol. The molecule has 0 heterocycles. The molecule has 0 aliphatic heterocycles. The topological polar surface area (TPSA) is 115 Å². The van der Waals surface area contributed by atoms with Crippen molar-refractivity contribution in [1.82, 2.24) is 6.15 Å². The Bertz CT molecular complexity index is 82.6. The second-order valence-corrected chi connectivity index (χ2v) is 0.575. The molecule has 0 spiro atoms. The molecule has 9 heavy (non-hydrogen) atoms. The normalized spacial score (nSPS) is 4.89. The summed E-state index contributed by atoms with van der Waals surface area (Å²) < 4.78 is 0. The van der Waals surface area contributed by atoms with Gasteiger partial charge in [0, 0.05) is 0 Å². The molecule has 0 aliphatic rings. The molecule has 0 aliphatic carbocycles. The van der Waals surface area contributed by atoms with E-state index in [1.54, 1.807) is 0 Å². The van der Waals surface area contributed by atoms with Gasteiger partial charge in [0.25, 0.3) is 0 Å². The molecule has 0 rings (SSSR count). The molecule has 0 fully saturated rings. The average Bonchev–Trinajstić information content (AvgIpc) is 1.36. The largest absolute Gasteiger partial charge is 5.00 e. The van der Waals surface area contributed by atoms with Crippen molar-refractivity contribution in [2.45, 2.75) is 0 Å². The van der Waals surface area contributed by atoms with Crippen LogP contribution in [0.15, 0.2) is 0 Å². The molecular formula is C2H3NNb2O4+8. The van der Waals surface area contributed by atoms with Gasteiger partial charge in [0.15, 0.2) is 0 Å². The minimum atomic E-state index is -2.19. The van der Waals surface area contributed by atoms with E-state index < -0.39 is 11.9 Å². The van der Waals surface area contributed by atoms with Crippen LogP contribution in [0.1, 0.15) is 0 Å². The molecule has 7 heteroatoms. The van der Waals surface area contributed by atoms with E-state index in [9.17, 15) is 0 Å². The second kappa shape index (κ2) is 11.2. The first-order chi connectivity index (χ1) is 2.64. The third kappa shape index (κ3) is 17.8. The Kier molecular flexibility index (Phi) is 28.4.